The maximum atomic E-state index is 11.6. The van der Waals surface area contributed by atoms with Gasteiger partial charge in [0.05, 0.1) is 6.10 Å². The summed E-state index contributed by atoms with van der Waals surface area (Å²) in [6.07, 6.45) is 3.30. The van der Waals surface area contributed by atoms with Crippen molar-refractivity contribution in [1.82, 2.24) is 5.32 Å². The van der Waals surface area contributed by atoms with Gasteiger partial charge in [0.15, 0.2) is 0 Å². The van der Waals surface area contributed by atoms with E-state index >= 15 is 0 Å². The molecule has 0 aliphatic heterocycles. The standard InChI is InChI=1S/C13H22N2O3/c1-7(2)18-13(17)15-11-8-3-4-9(11)6-10(5-8)12(14)16/h7-11H,3-6H2,1-2H3,(H2,14,16)(H,15,17). The van der Waals surface area contributed by atoms with Crippen LogP contribution in [0, 0.1) is 17.8 Å². The van der Waals surface area contributed by atoms with Gasteiger partial charge in [0.1, 0.15) is 0 Å². The predicted octanol–water partition coefficient (Wildman–Crippen LogP) is 1.41. The predicted molar refractivity (Wildman–Crippen MR) is 66.7 cm³/mol. The zero-order valence-electron chi connectivity index (χ0n) is 11.0. The molecule has 5 heteroatoms. The van der Waals surface area contributed by atoms with Crippen LogP contribution in [0.3, 0.4) is 0 Å². The Morgan fingerprint density at radius 2 is 1.78 bits per heavy atom. The number of amides is 2. The van der Waals surface area contributed by atoms with Crippen molar-refractivity contribution in [3.05, 3.63) is 0 Å². The van der Waals surface area contributed by atoms with E-state index in [9.17, 15) is 9.59 Å². The van der Waals surface area contributed by atoms with E-state index in [1.54, 1.807) is 0 Å². The van der Waals surface area contributed by atoms with Crippen LogP contribution >= 0.6 is 0 Å². The van der Waals surface area contributed by atoms with Gasteiger partial charge in [0.25, 0.3) is 0 Å². The van der Waals surface area contributed by atoms with Gasteiger partial charge in [-0.15, -0.1) is 0 Å². The summed E-state index contributed by atoms with van der Waals surface area (Å²) in [6.45, 7) is 3.66. The topological polar surface area (TPSA) is 81.4 Å². The Labute approximate surface area is 107 Å². The van der Waals surface area contributed by atoms with Crippen LogP contribution < -0.4 is 11.1 Å². The van der Waals surface area contributed by atoms with Gasteiger partial charge < -0.3 is 15.8 Å². The van der Waals surface area contributed by atoms with Crippen molar-refractivity contribution in [3.8, 4) is 0 Å². The van der Waals surface area contributed by atoms with Gasteiger partial charge in [-0.1, -0.05) is 0 Å². The van der Waals surface area contributed by atoms with Gasteiger partial charge >= 0.3 is 6.09 Å². The Hall–Kier alpha value is -1.26. The van der Waals surface area contributed by atoms with Crippen molar-refractivity contribution in [2.24, 2.45) is 23.5 Å². The summed E-state index contributed by atoms with van der Waals surface area (Å²) in [4.78, 5) is 22.9. The van der Waals surface area contributed by atoms with E-state index in [2.05, 4.69) is 5.32 Å². The van der Waals surface area contributed by atoms with Crippen LogP contribution in [0.25, 0.3) is 0 Å². The first-order valence-corrected chi connectivity index (χ1v) is 6.73. The van der Waals surface area contributed by atoms with Crippen molar-refractivity contribution < 1.29 is 14.3 Å². The minimum atomic E-state index is -0.343. The lowest BCUT2D eigenvalue weighted by Gasteiger charge is -2.34. The number of fused-ring (bicyclic) bond motifs is 2. The maximum absolute atomic E-state index is 11.6. The fourth-order valence-electron chi connectivity index (χ4n) is 3.38. The number of hydrogen-bond donors (Lipinski definition) is 2. The largest absolute Gasteiger partial charge is 0.447 e. The van der Waals surface area contributed by atoms with Crippen molar-refractivity contribution in [2.75, 3.05) is 0 Å². The third-order valence-corrected chi connectivity index (χ3v) is 4.13. The normalized spacial score (nSPS) is 34.4. The molecule has 2 atom stereocenters. The first kappa shape index (κ1) is 13.2. The van der Waals surface area contributed by atoms with E-state index in [4.69, 9.17) is 10.5 Å². The molecule has 0 heterocycles. The molecular weight excluding hydrogens is 232 g/mol. The summed E-state index contributed by atoms with van der Waals surface area (Å²) in [5.74, 6) is 0.540. The molecule has 0 radical (unpaired) electrons. The van der Waals surface area contributed by atoms with E-state index in [1.807, 2.05) is 13.8 Å². The second-order valence-corrected chi connectivity index (χ2v) is 5.79. The summed E-state index contributed by atoms with van der Waals surface area (Å²) in [7, 11) is 0. The van der Waals surface area contributed by atoms with Crippen LogP contribution in [0.5, 0.6) is 0 Å². The highest BCUT2D eigenvalue weighted by Gasteiger charge is 2.44. The smallest absolute Gasteiger partial charge is 0.407 e. The zero-order valence-corrected chi connectivity index (χ0v) is 11.0. The van der Waals surface area contributed by atoms with E-state index in [0.717, 1.165) is 25.7 Å². The molecule has 2 bridgehead atoms. The number of carbonyl (C=O) groups excluding carboxylic acids is 2. The van der Waals surface area contributed by atoms with Gasteiger partial charge in [0.2, 0.25) is 5.91 Å². The van der Waals surface area contributed by atoms with Crippen molar-refractivity contribution in [2.45, 2.75) is 51.7 Å². The van der Waals surface area contributed by atoms with Gasteiger partial charge in [-0.25, -0.2) is 4.79 Å². The molecule has 18 heavy (non-hydrogen) atoms. The molecule has 0 spiro atoms. The Kier molecular flexibility index (Phi) is 3.78. The van der Waals surface area contributed by atoms with Gasteiger partial charge in [0, 0.05) is 12.0 Å². The fraction of sp³-hybridized carbons (Fsp3) is 0.846. The molecule has 2 fully saturated rings. The molecule has 2 unspecified atom stereocenters. The van der Waals surface area contributed by atoms with E-state index < -0.39 is 0 Å². The minimum absolute atomic E-state index is 0.0123. The highest BCUT2D eigenvalue weighted by molar-refractivity contribution is 5.77. The first-order valence-electron chi connectivity index (χ1n) is 6.73. The molecule has 2 aliphatic carbocycles. The van der Waals surface area contributed by atoms with Crippen LogP contribution in [0.2, 0.25) is 0 Å². The summed E-state index contributed by atoms with van der Waals surface area (Å²) in [5.41, 5.74) is 5.38. The number of primary amides is 1. The van der Waals surface area contributed by atoms with E-state index in [1.165, 1.54) is 0 Å². The molecular formula is C13H22N2O3. The number of nitrogens with two attached hydrogens (primary N) is 1. The number of rotatable bonds is 3. The maximum Gasteiger partial charge on any atom is 0.407 e. The van der Waals surface area contributed by atoms with Crippen LogP contribution in [-0.2, 0) is 9.53 Å². The van der Waals surface area contributed by atoms with Crippen LogP contribution in [0.15, 0.2) is 0 Å². The monoisotopic (exact) mass is 254 g/mol. The quantitative estimate of drug-likeness (QED) is 0.799. The van der Waals surface area contributed by atoms with Crippen LogP contribution in [-0.4, -0.2) is 24.1 Å². The molecule has 5 nitrogen and oxygen atoms in total. The molecule has 0 aromatic heterocycles. The van der Waals surface area contributed by atoms with Crippen LogP contribution in [0.1, 0.15) is 39.5 Å². The van der Waals surface area contributed by atoms with E-state index in [-0.39, 0.29) is 30.1 Å². The molecule has 102 valence electrons. The third kappa shape index (κ3) is 2.76. The number of nitrogens with one attached hydrogen (secondary N) is 1. The molecule has 2 amide bonds. The van der Waals surface area contributed by atoms with Gasteiger partial charge in [-0.05, 0) is 51.4 Å². The van der Waals surface area contributed by atoms with Gasteiger partial charge in [-0.3, -0.25) is 4.79 Å². The lowest BCUT2D eigenvalue weighted by molar-refractivity contribution is -0.123. The summed E-state index contributed by atoms with van der Waals surface area (Å²) in [6, 6.07) is 0.159. The molecule has 2 aliphatic rings. The molecule has 0 saturated heterocycles. The van der Waals surface area contributed by atoms with E-state index in [0.29, 0.717) is 11.8 Å². The zero-order chi connectivity index (χ0) is 13.3. The Balaban J connectivity index is 1.92. The first-order chi connectivity index (χ1) is 8.47. The molecule has 3 N–H and O–H groups in total. The SMILES string of the molecule is CC(C)OC(=O)NC1C2CCC1CC(C(N)=O)C2. The fourth-order valence-corrected chi connectivity index (χ4v) is 3.38. The lowest BCUT2D eigenvalue weighted by Crippen LogP contribution is -2.47. The molecule has 0 aromatic carbocycles. The van der Waals surface area contributed by atoms with Gasteiger partial charge in [-0.2, -0.15) is 0 Å². The number of ether oxygens (including phenoxy) is 1. The molecule has 2 rings (SSSR count). The summed E-state index contributed by atoms with van der Waals surface area (Å²) < 4.78 is 5.11. The minimum Gasteiger partial charge on any atom is -0.447 e. The highest BCUT2D eigenvalue weighted by Crippen LogP contribution is 2.44. The number of carbonyl (C=O) groups is 2. The Morgan fingerprint density at radius 1 is 1.22 bits per heavy atom. The number of hydrogen-bond acceptors (Lipinski definition) is 3. The van der Waals surface area contributed by atoms with Crippen molar-refractivity contribution in [1.29, 1.82) is 0 Å². The molecule has 2 saturated carbocycles. The molecule has 0 aromatic rings. The third-order valence-electron chi connectivity index (χ3n) is 4.13. The summed E-state index contributed by atoms with van der Waals surface area (Å²) >= 11 is 0. The van der Waals surface area contributed by atoms with Crippen molar-refractivity contribution >= 4 is 12.0 Å². The Bertz CT molecular complexity index is 329. The second kappa shape index (κ2) is 5.16. The van der Waals surface area contributed by atoms with Crippen molar-refractivity contribution in [3.63, 3.8) is 0 Å². The summed E-state index contributed by atoms with van der Waals surface area (Å²) in [5, 5.41) is 2.96. The van der Waals surface area contributed by atoms with Crippen LogP contribution in [0.4, 0.5) is 4.79 Å². The second-order valence-electron chi connectivity index (χ2n) is 5.79. The highest BCUT2D eigenvalue weighted by atomic mass is 16.6. The Morgan fingerprint density at radius 3 is 2.22 bits per heavy atom. The average Bonchev–Trinajstić information content (AvgIpc) is 2.49. The lowest BCUT2D eigenvalue weighted by atomic mass is 9.77. The number of alkyl carbamates (subject to hydrolysis) is 1. The average molecular weight is 254 g/mol.